The average molecular weight is 513 g/mol. The molecule has 3 aromatic rings. The van der Waals surface area contributed by atoms with Crippen LogP contribution in [0, 0.1) is 5.41 Å². The number of esters is 2. The molecule has 4 rings (SSSR count). The van der Waals surface area contributed by atoms with Gasteiger partial charge in [-0.15, -0.1) is 0 Å². The normalized spacial score (nSPS) is 14.8. The molecular weight excluding hydrogens is 476 g/mol. The van der Waals surface area contributed by atoms with Gasteiger partial charge in [-0.05, 0) is 92.3 Å². The fourth-order valence-corrected chi connectivity index (χ4v) is 4.83. The minimum absolute atomic E-state index is 0.109. The van der Waals surface area contributed by atoms with E-state index in [9.17, 15) is 9.59 Å². The molecule has 0 saturated heterocycles. The van der Waals surface area contributed by atoms with Crippen LogP contribution in [0.15, 0.2) is 78.9 Å². The maximum atomic E-state index is 12.5. The van der Waals surface area contributed by atoms with Crippen molar-refractivity contribution in [2.75, 3.05) is 7.11 Å². The predicted octanol–water partition coefficient (Wildman–Crippen LogP) is 7.52. The molecule has 0 spiro atoms. The third kappa shape index (κ3) is 6.16. The molecule has 0 amide bonds. The lowest BCUT2D eigenvalue weighted by atomic mass is 9.73. The zero-order valence-corrected chi connectivity index (χ0v) is 22.7. The molecule has 1 aliphatic rings. The van der Waals surface area contributed by atoms with E-state index in [1.165, 1.54) is 17.2 Å². The van der Waals surface area contributed by atoms with Gasteiger partial charge in [0.15, 0.2) is 0 Å². The molecule has 0 bridgehead atoms. The first-order valence-corrected chi connectivity index (χ1v) is 13.2. The maximum absolute atomic E-state index is 12.5. The molecule has 198 valence electrons. The van der Waals surface area contributed by atoms with Crippen LogP contribution in [0.4, 0.5) is 0 Å². The molecular formula is C33H36O5. The second-order valence-electron chi connectivity index (χ2n) is 10.5. The van der Waals surface area contributed by atoms with Crippen molar-refractivity contribution < 1.29 is 23.8 Å². The number of methoxy groups -OCH3 is 1. The fourth-order valence-electron chi connectivity index (χ4n) is 4.83. The Morgan fingerprint density at radius 3 is 1.79 bits per heavy atom. The number of rotatable bonds is 9. The van der Waals surface area contributed by atoms with E-state index in [-0.39, 0.29) is 11.4 Å². The third-order valence-corrected chi connectivity index (χ3v) is 7.66. The first-order valence-electron chi connectivity index (χ1n) is 13.2. The Morgan fingerprint density at radius 1 is 0.789 bits per heavy atom. The van der Waals surface area contributed by atoms with E-state index in [0.717, 1.165) is 43.4 Å². The maximum Gasteiger partial charge on any atom is 0.336 e. The summed E-state index contributed by atoms with van der Waals surface area (Å²) in [5.74, 6) is 1.19. The fraction of sp³-hybridized carbons (Fsp3) is 0.333. The molecule has 5 nitrogen and oxygen atoms in total. The first kappa shape index (κ1) is 27.2. The van der Waals surface area contributed by atoms with E-state index < -0.39 is 11.4 Å². The highest BCUT2D eigenvalue weighted by molar-refractivity contribution is 5.88. The number of carbonyl (C=O) groups excluding carboxylic acids is 2. The molecule has 0 unspecified atom stereocenters. The second kappa shape index (κ2) is 11.7. The van der Waals surface area contributed by atoms with E-state index in [2.05, 4.69) is 24.3 Å². The van der Waals surface area contributed by atoms with Crippen LogP contribution in [0.5, 0.6) is 17.2 Å². The standard InChI is InChI=1S/C33H36O5/c1-5-32(2,3)31(35)38-29-19-13-26(14-20-29)33(22-6-7-23-33)25-11-17-28(18-12-25)37-30(34)21-10-24-8-15-27(36-4)16-9-24/h8-21H,5-7,22-23H2,1-4H3/b21-10+. The Bertz CT molecular complexity index is 1260. The van der Waals surface area contributed by atoms with Crippen LogP contribution in [0.25, 0.3) is 6.08 Å². The Hall–Kier alpha value is -3.86. The van der Waals surface area contributed by atoms with Crippen molar-refractivity contribution in [2.24, 2.45) is 5.41 Å². The molecule has 1 saturated carbocycles. The molecule has 0 aliphatic heterocycles. The topological polar surface area (TPSA) is 61.8 Å². The lowest BCUT2D eigenvalue weighted by Crippen LogP contribution is -2.28. The van der Waals surface area contributed by atoms with Crippen LogP contribution in [0.1, 0.15) is 69.6 Å². The SMILES string of the molecule is CCC(C)(C)C(=O)Oc1ccc(C2(c3ccc(OC(=O)/C=C/c4ccc(OC)cc4)cc3)CCCC2)cc1. The van der Waals surface area contributed by atoms with E-state index in [1.807, 2.05) is 69.3 Å². The lowest BCUT2D eigenvalue weighted by molar-refractivity contribution is -0.144. The smallest absolute Gasteiger partial charge is 0.336 e. The van der Waals surface area contributed by atoms with Crippen molar-refractivity contribution in [2.45, 2.75) is 58.3 Å². The molecule has 5 heteroatoms. The molecule has 3 aromatic carbocycles. The largest absolute Gasteiger partial charge is 0.497 e. The summed E-state index contributed by atoms with van der Waals surface area (Å²) in [4.78, 5) is 24.8. The van der Waals surface area contributed by atoms with Gasteiger partial charge in [0.05, 0.1) is 12.5 Å². The molecule has 0 atom stereocenters. The van der Waals surface area contributed by atoms with Crippen LogP contribution in [0.3, 0.4) is 0 Å². The third-order valence-electron chi connectivity index (χ3n) is 7.66. The van der Waals surface area contributed by atoms with Gasteiger partial charge in [-0.2, -0.15) is 0 Å². The summed E-state index contributed by atoms with van der Waals surface area (Å²) in [6, 6.07) is 23.2. The molecule has 0 aromatic heterocycles. The van der Waals surface area contributed by atoms with Crippen molar-refractivity contribution >= 4 is 18.0 Å². The summed E-state index contributed by atoms with van der Waals surface area (Å²) >= 11 is 0. The highest BCUT2D eigenvalue weighted by Gasteiger charge is 2.37. The van der Waals surface area contributed by atoms with Crippen LogP contribution in [0.2, 0.25) is 0 Å². The van der Waals surface area contributed by atoms with Gasteiger partial charge in [0.2, 0.25) is 0 Å². The van der Waals surface area contributed by atoms with Gasteiger partial charge in [-0.25, -0.2) is 4.79 Å². The van der Waals surface area contributed by atoms with Gasteiger partial charge in [0.25, 0.3) is 0 Å². The number of ether oxygens (including phenoxy) is 3. The summed E-state index contributed by atoms with van der Waals surface area (Å²) in [5, 5.41) is 0. The quantitative estimate of drug-likeness (QED) is 0.169. The molecule has 1 fully saturated rings. The van der Waals surface area contributed by atoms with Crippen LogP contribution >= 0.6 is 0 Å². The summed E-state index contributed by atoms with van der Waals surface area (Å²) in [5.41, 5.74) is 2.66. The van der Waals surface area contributed by atoms with Crippen molar-refractivity contribution in [3.05, 3.63) is 95.6 Å². The Kier molecular flexibility index (Phi) is 8.35. The monoisotopic (exact) mass is 512 g/mol. The molecule has 38 heavy (non-hydrogen) atoms. The number of benzene rings is 3. The van der Waals surface area contributed by atoms with Gasteiger partial charge >= 0.3 is 11.9 Å². The summed E-state index contributed by atoms with van der Waals surface area (Å²) in [6.07, 6.45) is 8.23. The number of hydrogen-bond acceptors (Lipinski definition) is 5. The minimum atomic E-state index is -0.512. The first-order chi connectivity index (χ1) is 18.3. The highest BCUT2D eigenvalue weighted by Crippen LogP contribution is 2.47. The van der Waals surface area contributed by atoms with Crippen molar-refractivity contribution in [3.8, 4) is 17.2 Å². The van der Waals surface area contributed by atoms with Gasteiger partial charge in [0, 0.05) is 11.5 Å². The number of carbonyl (C=O) groups is 2. The van der Waals surface area contributed by atoms with Gasteiger partial charge in [-0.3, -0.25) is 4.79 Å². The predicted molar refractivity (Wildman–Crippen MR) is 150 cm³/mol. The molecule has 0 N–H and O–H groups in total. The second-order valence-corrected chi connectivity index (χ2v) is 10.5. The van der Waals surface area contributed by atoms with E-state index in [1.54, 1.807) is 13.2 Å². The Morgan fingerprint density at radius 2 is 1.29 bits per heavy atom. The van der Waals surface area contributed by atoms with Crippen molar-refractivity contribution in [1.82, 2.24) is 0 Å². The molecule has 0 heterocycles. The van der Waals surface area contributed by atoms with Gasteiger partial charge < -0.3 is 14.2 Å². The van der Waals surface area contributed by atoms with Crippen molar-refractivity contribution in [1.29, 1.82) is 0 Å². The Balaban J connectivity index is 1.45. The zero-order valence-electron chi connectivity index (χ0n) is 22.7. The summed E-state index contributed by atoms with van der Waals surface area (Å²) in [7, 11) is 1.62. The molecule has 0 radical (unpaired) electrons. The lowest BCUT2D eigenvalue weighted by Gasteiger charge is -2.31. The number of hydrogen-bond donors (Lipinski definition) is 0. The highest BCUT2D eigenvalue weighted by atomic mass is 16.5. The summed E-state index contributed by atoms with van der Waals surface area (Å²) in [6.45, 7) is 5.78. The van der Waals surface area contributed by atoms with Crippen LogP contribution < -0.4 is 14.2 Å². The Labute approximate surface area is 225 Å². The zero-order chi connectivity index (χ0) is 27.2. The van der Waals surface area contributed by atoms with E-state index in [0.29, 0.717) is 11.5 Å². The van der Waals surface area contributed by atoms with Crippen LogP contribution in [-0.2, 0) is 15.0 Å². The minimum Gasteiger partial charge on any atom is -0.497 e. The van der Waals surface area contributed by atoms with E-state index in [4.69, 9.17) is 14.2 Å². The van der Waals surface area contributed by atoms with Crippen LogP contribution in [-0.4, -0.2) is 19.0 Å². The summed E-state index contributed by atoms with van der Waals surface area (Å²) < 4.78 is 16.3. The average Bonchev–Trinajstić information content (AvgIpc) is 3.44. The van der Waals surface area contributed by atoms with Gasteiger partial charge in [-0.1, -0.05) is 56.2 Å². The van der Waals surface area contributed by atoms with Gasteiger partial charge in [0.1, 0.15) is 17.2 Å². The van der Waals surface area contributed by atoms with E-state index >= 15 is 0 Å². The molecule has 1 aliphatic carbocycles. The van der Waals surface area contributed by atoms with Crippen molar-refractivity contribution in [3.63, 3.8) is 0 Å².